The number of hydrogen-bond acceptors (Lipinski definition) is 7. The monoisotopic (exact) mass is 470 g/mol. The number of nitrogens with zero attached hydrogens (tertiary/aromatic N) is 1. The highest BCUT2D eigenvalue weighted by Gasteiger charge is 2.27. The first kappa shape index (κ1) is 22.8. The van der Waals surface area contributed by atoms with Gasteiger partial charge >= 0.3 is 0 Å². The number of hydrogen-bond donors (Lipinski definition) is 1. The summed E-state index contributed by atoms with van der Waals surface area (Å²) in [5.41, 5.74) is 0.132. The van der Waals surface area contributed by atoms with Crippen LogP contribution in [0.1, 0.15) is 0 Å². The van der Waals surface area contributed by atoms with Gasteiger partial charge in [0.2, 0.25) is 15.9 Å². The Hall–Kier alpha value is -2.85. The smallest absolute Gasteiger partial charge is 0.240 e. The SMILES string of the molecule is COc1cc(N(CC(=O)NCC2COc3ccccc3O2)S(C)(=O)=O)c(OC)cc1Cl. The van der Waals surface area contributed by atoms with Gasteiger partial charge < -0.3 is 24.3 Å². The van der Waals surface area contributed by atoms with Gasteiger partial charge in [-0.15, -0.1) is 0 Å². The number of fused-ring (bicyclic) bond motifs is 1. The number of ether oxygens (including phenoxy) is 4. The van der Waals surface area contributed by atoms with Gasteiger partial charge in [-0.2, -0.15) is 0 Å². The minimum Gasteiger partial charge on any atom is -0.495 e. The lowest BCUT2D eigenvalue weighted by Gasteiger charge is -2.27. The number of amides is 1. The van der Waals surface area contributed by atoms with Gasteiger partial charge in [-0.1, -0.05) is 23.7 Å². The fourth-order valence-corrected chi connectivity index (χ4v) is 4.08. The van der Waals surface area contributed by atoms with Crippen LogP contribution in [0, 0.1) is 0 Å². The number of methoxy groups -OCH3 is 2. The number of para-hydroxylation sites is 2. The summed E-state index contributed by atoms with van der Waals surface area (Å²) in [6, 6.07) is 10.1. The molecule has 1 aliphatic heterocycles. The molecule has 0 saturated heterocycles. The molecule has 2 aromatic carbocycles. The minimum atomic E-state index is -3.83. The van der Waals surface area contributed by atoms with E-state index < -0.39 is 28.6 Å². The lowest BCUT2D eigenvalue weighted by Crippen LogP contribution is -2.45. The van der Waals surface area contributed by atoms with E-state index in [1.165, 1.54) is 26.4 Å². The molecule has 1 N–H and O–H groups in total. The van der Waals surface area contributed by atoms with E-state index in [0.717, 1.165) is 10.6 Å². The number of benzene rings is 2. The zero-order valence-electron chi connectivity index (χ0n) is 17.3. The predicted molar refractivity (Wildman–Crippen MR) is 116 cm³/mol. The third-order valence-electron chi connectivity index (χ3n) is 4.50. The molecule has 31 heavy (non-hydrogen) atoms. The van der Waals surface area contributed by atoms with Gasteiger partial charge in [0.15, 0.2) is 11.5 Å². The van der Waals surface area contributed by atoms with Gasteiger partial charge in [0.25, 0.3) is 0 Å². The fourth-order valence-electron chi connectivity index (χ4n) is 3.00. The Balaban J connectivity index is 1.72. The summed E-state index contributed by atoms with van der Waals surface area (Å²) in [6.07, 6.45) is 0.589. The number of sulfonamides is 1. The van der Waals surface area contributed by atoms with Crippen LogP contribution in [0.15, 0.2) is 36.4 Å². The van der Waals surface area contributed by atoms with Crippen molar-refractivity contribution in [3.63, 3.8) is 0 Å². The molecule has 1 atom stereocenters. The predicted octanol–water partition coefficient (Wildman–Crippen LogP) is 2.08. The lowest BCUT2D eigenvalue weighted by atomic mass is 10.2. The number of carbonyl (C=O) groups is 1. The van der Waals surface area contributed by atoms with Crippen LogP contribution in [0.2, 0.25) is 5.02 Å². The van der Waals surface area contributed by atoms with Crippen LogP contribution in [0.25, 0.3) is 0 Å². The second-order valence-electron chi connectivity index (χ2n) is 6.73. The minimum absolute atomic E-state index is 0.132. The highest BCUT2D eigenvalue weighted by atomic mass is 35.5. The highest BCUT2D eigenvalue weighted by molar-refractivity contribution is 7.92. The first-order chi connectivity index (χ1) is 14.7. The average molecular weight is 471 g/mol. The van der Waals surface area contributed by atoms with Crippen molar-refractivity contribution in [2.24, 2.45) is 0 Å². The van der Waals surface area contributed by atoms with E-state index >= 15 is 0 Å². The molecule has 1 unspecified atom stereocenters. The van der Waals surface area contributed by atoms with Crippen LogP contribution in [-0.4, -0.2) is 60.6 Å². The molecule has 0 aliphatic carbocycles. The molecule has 9 nitrogen and oxygen atoms in total. The molecular formula is C20H23ClN2O7S. The molecule has 0 bridgehead atoms. The molecular weight excluding hydrogens is 448 g/mol. The molecule has 1 amide bonds. The van der Waals surface area contributed by atoms with Crippen molar-refractivity contribution in [3.05, 3.63) is 41.4 Å². The Kier molecular flexibility index (Phi) is 7.01. The summed E-state index contributed by atoms with van der Waals surface area (Å²) in [5, 5.41) is 2.93. The molecule has 2 aromatic rings. The van der Waals surface area contributed by atoms with E-state index in [1.807, 2.05) is 12.1 Å². The van der Waals surface area contributed by atoms with E-state index in [2.05, 4.69) is 5.32 Å². The summed E-state index contributed by atoms with van der Waals surface area (Å²) in [7, 11) is -1.05. The standard InChI is InChI=1S/C20H23ClN2O7S/c1-27-18-9-15(19(28-2)8-14(18)21)23(31(3,25)26)11-20(24)22-10-13-12-29-16-6-4-5-7-17(16)30-13/h4-9,13H,10-12H2,1-3H3,(H,22,24). The molecule has 0 aromatic heterocycles. The summed E-state index contributed by atoms with van der Waals surface area (Å²) < 4.78 is 47.6. The molecule has 1 aliphatic rings. The van der Waals surface area contributed by atoms with Crippen molar-refractivity contribution in [1.82, 2.24) is 5.32 Å². The Labute approximate surface area is 185 Å². The topological polar surface area (TPSA) is 103 Å². The maximum Gasteiger partial charge on any atom is 0.240 e. The third-order valence-corrected chi connectivity index (χ3v) is 5.93. The van der Waals surface area contributed by atoms with Crippen LogP contribution < -0.4 is 28.6 Å². The molecule has 0 radical (unpaired) electrons. The van der Waals surface area contributed by atoms with E-state index in [-0.39, 0.29) is 35.4 Å². The van der Waals surface area contributed by atoms with Gasteiger partial charge in [0.1, 0.15) is 30.8 Å². The summed E-state index contributed by atoms with van der Waals surface area (Å²) in [5.74, 6) is 1.13. The largest absolute Gasteiger partial charge is 0.495 e. The van der Waals surface area contributed by atoms with Gasteiger partial charge in [-0.3, -0.25) is 9.10 Å². The zero-order chi connectivity index (χ0) is 22.6. The Morgan fingerprint density at radius 1 is 1.19 bits per heavy atom. The van der Waals surface area contributed by atoms with Crippen molar-refractivity contribution >= 4 is 33.2 Å². The highest BCUT2D eigenvalue weighted by Crippen LogP contribution is 2.39. The van der Waals surface area contributed by atoms with Gasteiger partial charge in [-0.05, 0) is 12.1 Å². The van der Waals surface area contributed by atoms with Crippen molar-refractivity contribution in [3.8, 4) is 23.0 Å². The Bertz CT molecular complexity index is 1060. The maximum absolute atomic E-state index is 12.6. The second kappa shape index (κ2) is 9.52. The molecule has 0 fully saturated rings. The second-order valence-corrected chi connectivity index (χ2v) is 9.04. The Morgan fingerprint density at radius 3 is 2.52 bits per heavy atom. The van der Waals surface area contributed by atoms with Crippen molar-refractivity contribution in [2.75, 3.05) is 44.5 Å². The van der Waals surface area contributed by atoms with Crippen molar-refractivity contribution in [1.29, 1.82) is 0 Å². The molecule has 168 valence electrons. The first-order valence-corrected chi connectivity index (χ1v) is 11.5. The lowest BCUT2D eigenvalue weighted by molar-refractivity contribution is -0.120. The van der Waals surface area contributed by atoms with Crippen LogP contribution in [0.4, 0.5) is 5.69 Å². The van der Waals surface area contributed by atoms with E-state index in [4.69, 9.17) is 30.5 Å². The van der Waals surface area contributed by atoms with Crippen LogP contribution >= 0.6 is 11.6 Å². The van der Waals surface area contributed by atoms with E-state index in [0.29, 0.717) is 11.5 Å². The van der Waals surface area contributed by atoms with Gasteiger partial charge in [-0.25, -0.2) is 8.42 Å². The normalized spacial score (nSPS) is 15.2. The van der Waals surface area contributed by atoms with Crippen LogP contribution in [0.3, 0.4) is 0 Å². The number of nitrogens with one attached hydrogen (secondary N) is 1. The molecule has 11 heteroatoms. The quantitative estimate of drug-likeness (QED) is 0.630. The van der Waals surface area contributed by atoms with Gasteiger partial charge in [0, 0.05) is 12.1 Å². The third kappa shape index (κ3) is 5.45. The summed E-state index contributed by atoms with van der Waals surface area (Å²) >= 11 is 6.10. The van der Waals surface area contributed by atoms with E-state index in [9.17, 15) is 13.2 Å². The maximum atomic E-state index is 12.6. The fraction of sp³-hybridized carbons (Fsp3) is 0.350. The Morgan fingerprint density at radius 2 is 1.87 bits per heavy atom. The number of rotatable bonds is 8. The molecule has 0 spiro atoms. The molecule has 3 rings (SSSR count). The molecule has 0 saturated carbocycles. The van der Waals surface area contributed by atoms with E-state index in [1.54, 1.807) is 12.1 Å². The number of carbonyl (C=O) groups excluding carboxylic acids is 1. The van der Waals surface area contributed by atoms with Gasteiger partial charge in [0.05, 0.1) is 37.7 Å². The summed E-state index contributed by atoms with van der Waals surface area (Å²) in [6.45, 7) is -0.0642. The van der Waals surface area contributed by atoms with Crippen molar-refractivity contribution < 1.29 is 32.2 Å². The van der Waals surface area contributed by atoms with Crippen LogP contribution in [-0.2, 0) is 14.8 Å². The number of halogens is 1. The first-order valence-electron chi connectivity index (χ1n) is 9.27. The van der Waals surface area contributed by atoms with Crippen LogP contribution in [0.5, 0.6) is 23.0 Å². The average Bonchev–Trinajstić information content (AvgIpc) is 2.75. The van der Waals surface area contributed by atoms with Crippen molar-refractivity contribution in [2.45, 2.75) is 6.10 Å². The number of anilines is 1. The molecule has 1 heterocycles. The summed E-state index contributed by atoms with van der Waals surface area (Å²) in [4.78, 5) is 12.6. The zero-order valence-corrected chi connectivity index (χ0v) is 18.8.